The number of aromatic nitrogens is 2. The van der Waals surface area contributed by atoms with Crippen molar-refractivity contribution in [2.45, 2.75) is 6.54 Å². The molecule has 0 saturated heterocycles. The van der Waals surface area contributed by atoms with Gasteiger partial charge in [0.05, 0.1) is 31.9 Å². The van der Waals surface area contributed by atoms with E-state index in [-0.39, 0.29) is 0 Å². The maximum Gasteiger partial charge on any atom is 0.123 e. The molecular formula is C17H16N2O. The Kier molecular flexibility index (Phi) is 3.50. The van der Waals surface area contributed by atoms with Crippen molar-refractivity contribution in [2.75, 3.05) is 7.11 Å². The number of benzene rings is 2. The van der Waals surface area contributed by atoms with Gasteiger partial charge in [0, 0.05) is 5.56 Å². The van der Waals surface area contributed by atoms with Gasteiger partial charge in [-0.25, -0.2) is 4.98 Å². The first-order chi connectivity index (χ1) is 9.88. The lowest BCUT2D eigenvalue weighted by molar-refractivity contribution is 0.408. The Morgan fingerprint density at radius 2 is 1.75 bits per heavy atom. The Morgan fingerprint density at radius 3 is 2.55 bits per heavy atom. The minimum absolute atomic E-state index is 0.744. The highest BCUT2D eigenvalue weighted by atomic mass is 16.5. The highest BCUT2D eigenvalue weighted by Crippen LogP contribution is 2.23. The minimum Gasteiger partial charge on any atom is -0.496 e. The molecule has 3 aromatic rings. The monoisotopic (exact) mass is 264 g/mol. The zero-order chi connectivity index (χ0) is 13.8. The van der Waals surface area contributed by atoms with Crippen LogP contribution in [0.3, 0.4) is 0 Å². The van der Waals surface area contributed by atoms with Crippen LogP contribution in [0.4, 0.5) is 0 Å². The van der Waals surface area contributed by atoms with Gasteiger partial charge in [0.2, 0.25) is 0 Å². The van der Waals surface area contributed by atoms with Crippen molar-refractivity contribution in [3.8, 4) is 17.0 Å². The lowest BCUT2D eigenvalue weighted by atomic mass is 10.1. The maximum absolute atomic E-state index is 5.41. The van der Waals surface area contributed by atoms with Crippen molar-refractivity contribution >= 4 is 0 Å². The summed E-state index contributed by atoms with van der Waals surface area (Å²) in [5.41, 5.74) is 3.42. The second-order valence-electron chi connectivity index (χ2n) is 4.58. The zero-order valence-electron chi connectivity index (χ0n) is 11.4. The molecule has 0 unspecified atom stereocenters. The number of imidazole rings is 1. The third-order valence-electron chi connectivity index (χ3n) is 3.32. The molecule has 100 valence electrons. The van der Waals surface area contributed by atoms with Crippen LogP contribution in [0.5, 0.6) is 5.75 Å². The molecule has 0 atom stereocenters. The van der Waals surface area contributed by atoms with Gasteiger partial charge in [-0.1, -0.05) is 48.5 Å². The van der Waals surface area contributed by atoms with Gasteiger partial charge in [-0.15, -0.1) is 0 Å². The van der Waals surface area contributed by atoms with E-state index in [1.165, 1.54) is 5.56 Å². The number of para-hydroxylation sites is 1. The number of hydrogen-bond acceptors (Lipinski definition) is 2. The third kappa shape index (κ3) is 2.43. The number of hydrogen-bond donors (Lipinski definition) is 0. The molecule has 0 amide bonds. The number of ether oxygens (including phenoxy) is 1. The fourth-order valence-electron chi connectivity index (χ4n) is 2.31. The van der Waals surface area contributed by atoms with Crippen LogP contribution in [0.1, 0.15) is 5.56 Å². The maximum atomic E-state index is 5.41. The smallest absolute Gasteiger partial charge is 0.123 e. The van der Waals surface area contributed by atoms with Crippen LogP contribution < -0.4 is 4.74 Å². The summed E-state index contributed by atoms with van der Waals surface area (Å²) in [5, 5.41) is 0. The molecule has 0 aliphatic carbocycles. The van der Waals surface area contributed by atoms with Crippen LogP contribution in [-0.2, 0) is 6.54 Å². The Balaban J connectivity index is 1.95. The van der Waals surface area contributed by atoms with Gasteiger partial charge < -0.3 is 9.30 Å². The molecule has 0 fully saturated rings. The van der Waals surface area contributed by atoms with E-state index in [1.54, 1.807) is 7.11 Å². The van der Waals surface area contributed by atoms with Crippen molar-refractivity contribution in [1.82, 2.24) is 9.55 Å². The summed E-state index contributed by atoms with van der Waals surface area (Å²) in [6.07, 6.45) is 3.75. The van der Waals surface area contributed by atoms with E-state index in [9.17, 15) is 0 Å². The van der Waals surface area contributed by atoms with Gasteiger partial charge >= 0.3 is 0 Å². The second kappa shape index (κ2) is 5.61. The van der Waals surface area contributed by atoms with E-state index in [1.807, 2.05) is 48.9 Å². The average Bonchev–Trinajstić information content (AvgIpc) is 2.97. The van der Waals surface area contributed by atoms with E-state index in [2.05, 4.69) is 27.8 Å². The average molecular weight is 264 g/mol. The van der Waals surface area contributed by atoms with Crippen LogP contribution in [-0.4, -0.2) is 16.7 Å². The minimum atomic E-state index is 0.744. The van der Waals surface area contributed by atoms with Gasteiger partial charge in [0.15, 0.2) is 0 Å². The first-order valence-corrected chi connectivity index (χ1v) is 6.56. The summed E-state index contributed by atoms with van der Waals surface area (Å²) < 4.78 is 7.54. The number of methoxy groups -OCH3 is 1. The Morgan fingerprint density at radius 1 is 1.00 bits per heavy atom. The molecule has 2 aromatic carbocycles. The topological polar surface area (TPSA) is 27.1 Å². The first kappa shape index (κ1) is 12.5. The first-order valence-electron chi connectivity index (χ1n) is 6.56. The molecule has 20 heavy (non-hydrogen) atoms. The van der Waals surface area contributed by atoms with Gasteiger partial charge in [-0.05, 0) is 11.6 Å². The van der Waals surface area contributed by atoms with Crippen molar-refractivity contribution in [1.29, 1.82) is 0 Å². The van der Waals surface area contributed by atoms with Crippen molar-refractivity contribution in [2.24, 2.45) is 0 Å². The predicted octanol–water partition coefficient (Wildman–Crippen LogP) is 3.61. The molecule has 0 aliphatic heterocycles. The highest BCUT2D eigenvalue weighted by molar-refractivity contribution is 5.58. The van der Waals surface area contributed by atoms with Crippen LogP contribution >= 0.6 is 0 Å². The van der Waals surface area contributed by atoms with E-state index in [0.717, 1.165) is 23.6 Å². The quantitative estimate of drug-likeness (QED) is 0.720. The Bertz CT molecular complexity index is 689. The summed E-state index contributed by atoms with van der Waals surface area (Å²) in [7, 11) is 1.70. The molecule has 0 bridgehead atoms. The van der Waals surface area contributed by atoms with Crippen LogP contribution in [0.2, 0.25) is 0 Å². The molecule has 0 spiro atoms. The molecule has 3 nitrogen and oxygen atoms in total. The largest absolute Gasteiger partial charge is 0.496 e. The molecule has 0 saturated carbocycles. The van der Waals surface area contributed by atoms with E-state index >= 15 is 0 Å². The van der Waals surface area contributed by atoms with E-state index in [4.69, 9.17) is 4.74 Å². The highest BCUT2D eigenvalue weighted by Gasteiger charge is 2.07. The molecular weight excluding hydrogens is 248 g/mol. The third-order valence-corrected chi connectivity index (χ3v) is 3.32. The Labute approximate surface area is 118 Å². The zero-order valence-corrected chi connectivity index (χ0v) is 11.4. The molecule has 0 N–H and O–H groups in total. The van der Waals surface area contributed by atoms with E-state index < -0.39 is 0 Å². The van der Waals surface area contributed by atoms with Gasteiger partial charge in [-0.3, -0.25) is 0 Å². The fraction of sp³-hybridized carbons (Fsp3) is 0.118. The van der Waals surface area contributed by atoms with Gasteiger partial charge in [-0.2, -0.15) is 0 Å². The van der Waals surface area contributed by atoms with Crippen LogP contribution in [0.15, 0.2) is 67.1 Å². The fourth-order valence-corrected chi connectivity index (χ4v) is 2.31. The summed E-state index contributed by atoms with van der Waals surface area (Å²) in [6.45, 7) is 0.744. The van der Waals surface area contributed by atoms with Crippen molar-refractivity contribution < 1.29 is 4.74 Å². The lowest BCUT2D eigenvalue weighted by Gasteiger charge is -2.11. The van der Waals surface area contributed by atoms with E-state index in [0.29, 0.717) is 0 Å². The summed E-state index contributed by atoms with van der Waals surface area (Å²) in [5.74, 6) is 0.903. The van der Waals surface area contributed by atoms with Gasteiger partial charge in [0.25, 0.3) is 0 Å². The predicted molar refractivity (Wildman–Crippen MR) is 79.8 cm³/mol. The number of nitrogens with zero attached hydrogens (tertiary/aromatic N) is 2. The van der Waals surface area contributed by atoms with Crippen LogP contribution in [0, 0.1) is 0 Å². The summed E-state index contributed by atoms with van der Waals surface area (Å²) in [6, 6.07) is 18.3. The SMILES string of the molecule is COc1ccccc1Cn1cncc1-c1ccccc1. The van der Waals surface area contributed by atoms with Crippen LogP contribution in [0.25, 0.3) is 11.3 Å². The molecule has 1 aromatic heterocycles. The van der Waals surface area contributed by atoms with Crippen molar-refractivity contribution in [3.05, 3.63) is 72.7 Å². The van der Waals surface area contributed by atoms with Crippen molar-refractivity contribution in [3.63, 3.8) is 0 Å². The molecule has 3 rings (SSSR count). The van der Waals surface area contributed by atoms with Gasteiger partial charge in [0.1, 0.15) is 5.75 Å². The molecule has 3 heteroatoms. The Hall–Kier alpha value is -2.55. The second-order valence-corrected chi connectivity index (χ2v) is 4.58. The standard InChI is InChI=1S/C17H16N2O/c1-20-17-10-6-5-9-15(17)12-19-13-18-11-16(19)14-7-3-2-4-8-14/h2-11,13H,12H2,1H3. The molecule has 0 aliphatic rings. The molecule has 1 heterocycles. The molecule has 0 radical (unpaired) electrons. The summed E-state index contributed by atoms with van der Waals surface area (Å²) >= 11 is 0. The number of rotatable bonds is 4. The lowest BCUT2D eigenvalue weighted by Crippen LogP contribution is -2.02. The normalized spacial score (nSPS) is 10.4. The summed E-state index contributed by atoms with van der Waals surface area (Å²) in [4.78, 5) is 4.27.